The summed E-state index contributed by atoms with van der Waals surface area (Å²) in [6, 6.07) is 25.9. The van der Waals surface area contributed by atoms with Gasteiger partial charge in [-0.15, -0.1) is 0 Å². The van der Waals surface area contributed by atoms with Crippen LogP contribution in [-0.4, -0.2) is 52.8 Å². The molecule has 5 rings (SSSR count). The van der Waals surface area contributed by atoms with E-state index in [0.717, 1.165) is 35.2 Å². The van der Waals surface area contributed by atoms with Crippen molar-refractivity contribution in [2.24, 2.45) is 0 Å². The molecule has 1 N–H and O–H groups in total. The van der Waals surface area contributed by atoms with E-state index in [-0.39, 0.29) is 24.4 Å². The molecule has 4 aromatic rings. The molecule has 37 heavy (non-hydrogen) atoms. The predicted molar refractivity (Wildman–Crippen MR) is 145 cm³/mol. The third kappa shape index (κ3) is 6.02. The van der Waals surface area contributed by atoms with Gasteiger partial charge >= 0.3 is 0 Å². The summed E-state index contributed by atoms with van der Waals surface area (Å²) in [5, 5.41) is 1.17. The summed E-state index contributed by atoms with van der Waals surface area (Å²) in [5.74, 6) is 0.724. The third-order valence-corrected chi connectivity index (χ3v) is 7.04. The summed E-state index contributed by atoms with van der Waals surface area (Å²) in [5.41, 5.74) is 4.18. The van der Waals surface area contributed by atoms with Crippen molar-refractivity contribution < 1.29 is 14.3 Å². The number of nitrogens with one attached hydrogen (secondary N) is 1. The summed E-state index contributed by atoms with van der Waals surface area (Å²) in [6.45, 7) is 1.07. The second kappa shape index (κ2) is 11.3. The molecule has 0 saturated heterocycles. The van der Waals surface area contributed by atoms with Crippen molar-refractivity contribution in [3.63, 3.8) is 0 Å². The number of ether oxygens (including phenoxy) is 1. The number of hydrogen-bond acceptors (Lipinski definition) is 3. The number of H-pyrrole nitrogens is 1. The van der Waals surface area contributed by atoms with Crippen molar-refractivity contribution in [3.05, 3.63) is 102 Å². The van der Waals surface area contributed by atoms with Crippen LogP contribution in [-0.2, 0) is 29.0 Å². The van der Waals surface area contributed by atoms with Crippen molar-refractivity contribution in [1.82, 2.24) is 14.8 Å². The number of rotatable bonds is 11. The second-order valence-electron chi connectivity index (χ2n) is 9.65. The first-order valence-corrected chi connectivity index (χ1v) is 12.9. The monoisotopic (exact) mass is 495 g/mol. The lowest BCUT2D eigenvalue weighted by atomic mass is 10.1. The Hall–Kier alpha value is -4.06. The summed E-state index contributed by atoms with van der Waals surface area (Å²) in [6.07, 6.45) is 4.96. The molecule has 3 aromatic carbocycles. The molecule has 6 nitrogen and oxygen atoms in total. The molecule has 2 amide bonds. The maximum absolute atomic E-state index is 13.8. The van der Waals surface area contributed by atoms with E-state index in [4.69, 9.17) is 4.74 Å². The standard InChI is InChI=1S/C31H33N3O3/c1-37-29-14-8-5-11-25(29)21-33(18-17-24-20-32-28-13-7-6-12-27(24)28)31(36)22-34(26-15-16-26)30(35)19-23-9-3-2-4-10-23/h2-14,20,26,32H,15-19,21-22H2,1H3. The fourth-order valence-electron chi connectivity index (χ4n) is 4.85. The Bertz CT molecular complexity index is 1360. The maximum atomic E-state index is 13.8. The minimum atomic E-state index is -0.0425. The molecular formula is C31H33N3O3. The Morgan fingerprint density at radius 3 is 2.41 bits per heavy atom. The molecule has 0 spiro atoms. The number of aromatic amines is 1. The number of amides is 2. The van der Waals surface area contributed by atoms with E-state index >= 15 is 0 Å². The molecule has 0 atom stereocenters. The quantitative estimate of drug-likeness (QED) is 0.319. The zero-order chi connectivity index (χ0) is 25.6. The topological polar surface area (TPSA) is 65.6 Å². The van der Waals surface area contributed by atoms with Crippen molar-refractivity contribution in [3.8, 4) is 5.75 Å². The Morgan fingerprint density at radius 2 is 1.62 bits per heavy atom. The van der Waals surface area contributed by atoms with Crippen LogP contribution in [0.25, 0.3) is 10.9 Å². The Balaban J connectivity index is 1.34. The molecule has 6 heteroatoms. The van der Waals surface area contributed by atoms with Gasteiger partial charge in [-0.3, -0.25) is 9.59 Å². The molecule has 1 aliphatic rings. The zero-order valence-corrected chi connectivity index (χ0v) is 21.2. The summed E-state index contributed by atoms with van der Waals surface area (Å²) < 4.78 is 5.56. The van der Waals surface area contributed by atoms with E-state index in [0.29, 0.717) is 25.9 Å². The number of nitrogens with zero attached hydrogens (tertiary/aromatic N) is 2. The fraction of sp³-hybridized carbons (Fsp3) is 0.290. The van der Waals surface area contributed by atoms with Gasteiger partial charge < -0.3 is 19.5 Å². The van der Waals surface area contributed by atoms with Crippen molar-refractivity contribution >= 4 is 22.7 Å². The van der Waals surface area contributed by atoms with Gasteiger partial charge in [0, 0.05) is 41.8 Å². The third-order valence-electron chi connectivity index (χ3n) is 7.04. The highest BCUT2D eigenvalue weighted by Crippen LogP contribution is 2.28. The first-order chi connectivity index (χ1) is 18.1. The Morgan fingerprint density at radius 1 is 0.892 bits per heavy atom. The fourth-order valence-corrected chi connectivity index (χ4v) is 4.85. The van der Waals surface area contributed by atoms with E-state index in [2.05, 4.69) is 17.1 Å². The van der Waals surface area contributed by atoms with Crippen LogP contribution in [0.15, 0.2) is 85.1 Å². The molecule has 0 aliphatic heterocycles. The first kappa shape index (κ1) is 24.6. The maximum Gasteiger partial charge on any atom is 0.242 e. The molecule has 1 aliphatic carbocycles. The van der Waals surface area contributed by atoms with Gasteiger partial charge in [0.2, 0.25) is 11.8 Å². The first-order valence-electron chi connectivity index (χ1n) is 12.9. The van der Waals surface area contributed by atoms with Crippen LogP contribution in [0.5, 0.6) is 5.75 Å². The number of carbonyl (C=O) groups is 2. The molecular weight excluding hydrogens is 462 g/mol. The van der Waals surface area contributed by atoms with Gasteiger partial charge in [0.05, 0.1) is 13.5 Å². The molecule has 1 heterocycles. The number of carbonyl (C=O) groups excluding carboxylic acids is 2. The van der Waals surface area contributed by atoms with Crippen LogP contribution < -0.4 is 4.74 Å². The van der Waals surface area contributed by atoms with Gasteiger partial charge in [-0.1, -0.05) is 66.7 Å². The molecule has 1 aromatic heterocycles. The van der Waals surface area contributed by atoms with E-state index in [1.807, 2.05) is 77.8 Å². The van der Waals surface area contributed by atoms with E-state index in [9.17, 15) is 9.59 Å². The molecule has 1 saturated carbocycles. The second-order valence-corrected chi connectivity index (χ2v) is 9.65. The lowest BCUT2D eigenvalue weighted by Crippen LogP contribution is -2.44. The summed E-state index contributed by atoms with van der Waals surface area (Å²) >= 11 is 0. The highest BCUT2D eigenvalue weighted by molar-refractivity contribution is 5.87. The molecule has 0 radical (unpaired) electrons. The number of hydrogen-bond donors (Lipinski definition) is 1. The lowest BCUT2D eigenvalue weighted by molar-refractivity contribution is -0.141. The van der Waals surface area contributed by atoms with Crippen LogP contribution in [0.4, 0.5) is 0 Å². The zero-order valence-electron chi connectivity index (χ0n) is 21.2. The molecule has 0 unspecified atom stereocenters. The van der Waals surface area contributed by atoms with Crippen LogP contribution in [0.3, 0.4) is 0 Å². The number of aromatic nitrogens is 1. The average molecular weight is 496 g/mol. The van der Waals surface area contributed by atoms with Gasteiger partial charge in [0.25, 0.3) is 0 Å². The van der Waals surface area contributed by atoms with E-state index in [1.54, 1.807) is 12.0 Å². The highest BCUT2D eigenvalue weighted by atomic mass is 16.5. The lowest BCUT2D eigenvalue weighted by Gasteiger charge is -2.28. The minimum absolute atomic E-state index is 0.0101. The van der Waals surface area contributed by atoms with Crippen LogP contribution in [0, 0.1) is 0 Å². The molecule has 0 bridgehead atoms. The van der Waals surface area contributed by atoms with E-state index < -0.39 is 0 Å². The molecule has 190 valence electrons. The Kier molecular flexibility index (Phi) is 7.54. The van der Waals surface area contributed by atoms with Gasteiger partial charge in [-0.2, -0.15) is 0 Å². The predicted octanol–water partition coefficient (Wildman–Crippen LogP) is 4.98. The van der Waals surface area contributed by atoms with Gasteiger partial charge in [-0.05, 0) is 42.5 Å². The van der Waals surface area contributed by atoms with Crippen LogP contribution in [0.2, 0.25) is 0 Å². The SMILES string of the molecule is COc1ccccc1CN(CCc1c[nH]c2ccccc12)C(=O)CN(C(=O)Cc1ccccc1)C1CC1. The minimum Gasteiger partial charge on any atom is -0.496 e. The number of para-hydroxylation sites is 2. The molecule has 1 fully saturated rings. The van der Waals surface area contributed by atoms with Gasteiger partial charge in [-0.25, -0.2) is 0 Å². The summed E-state index contributed by atoms with van der Waals surface area (Å²) in [7, 11) is 1.65. The normalized spacial score (nSPS) is 12.9. The van der Waals surface area contributed by atoms with Gasteiger partial charge in [0.1, 0.15) is 12.3 Å². The number of fused-ring (bicyclic) bond motifs is 1. The van der Waals surface area contributed by atoms with E-state index in [1.165, 1.54) is 10.9 Å². The smallest absolute Gasteiger partial charge is 0.242 e. The number of methoxy groups -OCH3 is 1. The van der Waals surface area contributed by atoms with Crippen molar-refractivity contribution in [2.75, 3.05) is 20.2 Å². The van der Waals surface area contributed by atoms with Crippen LogP contribution in [0.1, 0.15) is 29.5 Å². The van der Waals surface area contributed by atoms with Crippen molar-refractivity contribution in [1.29, 1.82) is 0 Å². The average Bonchev–Trinajstić information content (AvgIpc) is 3.69. The van der Waals surface area contributed by atoms with Crippen molar-refractivity contribution in [2.45, 2.75) is 38.3 Å². The highest BCUT2D eigenvalue weighted by Gasteiger charge is 2.34. The Labute approximate surface area is 217 Å². The summed E-state index contributed by atoms with van der Waals surface area (Å²) in [4.78, 5) is 34.0. The largest absolute Gasteiger partial charge is 0.496 e. The van der Waals surface area contributed by atoms with Gasteiger partial charge in [0.15, 0.2) is 0 Å². The van der Waals surface area contributed by atoms with Crippen LogP contribution >= 0.6 is 0 Å². The number of benzene rings is 3.